The molecule has 0 aromatic heterocycles. The third kappa shape index (κ3) is 3.14. The summed E-state index contributed by atoms with van der Waals surface area (Å²) in [5.41, 5.74) is 2.54. The first kappa shape index (κ1) is 14.0. The van der Waals surface area contributed by atoms with Crippen LogP contribution in [0.25, 0.3) is 0 Å². The fourth-order valence-corrected chi connectivity index (χ4v) is 2.09. The Balaban J connectivity index is 2.36. The van der Waals surface area contributed by atoms with Gasteiger partial charge in [0.25, 0.3) is 0 Å². The minimum absolute atomic E-state index is 0.262. The van der Waals surface area contributed by atoms with Crippen LogP contribution in [0.15, 0.2) is 34.8 Å². The predicted molar refractivity (Wildman–Crippen MR) is 76.0 cm³/mol. The molecule has 2 aromatic rings. The van der Waals surface area contributed by atoms with Gasteiger partial charge in [-0.15, -0.1) is 0 Å². The summed E-state index contributed by atoms with van der Waals surface area (Å²) in [7, 11) is 0. The number of rotatable bonds is 3. The van der Waals surface area contributed by atoms with Gasteiger partial charge in [-0.05, 0) is 55.3 Å². The van der Waals surface area contributed by atoms with Gasteiger partial charge in [-0.3, -0.25) is 0 Å². The monoisotopic (exact) mass is 324 g/mol. The molecular weight excluding hydrogens is 311 g/mol. The normalized spacial score (nSPS) is 10.6. The number of aliphatic hydroxyl groups excluding tert-OH is 1. The van der Waals surface area contributed by atoms with Crippen LogP contribution in [0.4, 0.5) is 4.39 Å². The molecule has 0 radical (unpaired) electrons. The minimum Gasteiger partial charge on any atom is -0.457 e. The van der Waals surface area contributed by atoms with Gasteiger partial charge in [-0.2, -0.15) is 0 Å². The van der Waals surface area contributed by atoms with Crippen LogP contribution in [0.3, 0.4) is 0 Å². The predicted octanol–water partition coefficient (Wildman–Crippen LogP) is 4.49. The lowest BCUT2D eigenvalue weighted by Crippen LogP contribution is -1.94. The Labute approximate surface area is 120 Å². The third-order valence-corrected chi connectivity index (χ3v) is 4.08. The van der Waals surface area contributed by atoms with Crippen molar-refractivity contribution in [3.05, 3.63) is 57.3 Å². The van der Waals surface area contributed by atoms with Crippen molar-refractivity contribution in [2.24, 2.45) is 0 Å². The van der Waals surface area contributed by atoms with Crippen LogP contribution >= 0.6 is 15.9 Å². The van der Waals surface area contributed by atoms with E-state index in [1.807, 2.05) is 26.0 Å². The minimum atomic E-state index is -0.389. The van der Waals surface area contributed by atoms with Gasteiger partial charge in [0, 0.05) is 10.0 Å². The maximum atomic E-state index is 13.1. The molecule has 0 saturated heterocycles. The van der Waals surface area contributed by atoms with Crippen LogP contribution < -0.4 is 4.74 Å². The van der Waals surface area contributed by atoms with Gasteiger partial charge in [0.2, 0.25) is 0 Å². The number of halogens is 2. The van der Waals surface area contributed by atoms with Crippen LogP contribution in [0.2, 0.25) is 0 Å². The summed E-state index contributed by atoms with van der Waals surface area (Å²) in [6.45, 7) is 3.69. The van der Waals surface area contributed by atoms with Crippen LogP contribution in [0.1, 0.15) is 16.7 Å². The van der Waals surface area contributed by atoms with Crippen LogP contribution in [0, 0.1) is 19.7 Å². The highest BCUT2D eigenvalue weighted by Gasteiger charge is 2.08. The molecule has 0 aliphatic carbocycles. The summed E-state index contributed by atoms with van der Waals surface area (Å²) in [4.78, 5) is 0. The highest BCUT2D eigenvalue weighted by Crippen LogP contribution is 2.31. The van der Waals surface area contributed by atoms with E-state index >= 15 is 0 Å². The van der Waals surface area contributed by atoms with E-state index in [-0.39, 0.29) is 12.4 Å². The zero-order valence-corrected chi connectivity index (χ0v) is 12.3. The number of aryl methyl sites for hydroxylation is 2. The van der Waals surface area contributed by atoms with Crippen LogP contribution in [0.5, 0.6) is 11.5 Å². The molecule has 0 atom stereocenters. The van der Waals surface area contributed by atoms with E-state index in [9.17, 15) is 9.50 Å². The van der Waals surface area contributed by atoms with Crippen molar-refractivity contribution in [2.75, 3.05) is 0 Å². The molecule has 2 rings (SSSR count). The highest BCUT2D eigenvalue weighted by molar-refractivity contribution is 9.10. The van der Waals surface area contributed by atoms with Gasteiger partial charge < -0.3 is 9.84 Å². The lowest BCUT2D eigenvalue weighted by molar-refractivity contribution is 0.276. The second kappa shape index (κ2) is 5.72. The molecule has 0 unspecified atom stereocenters. The Morgan fingerprint density at radius 1 is 1.16 bits per heavy atom. The lowest BCUT2D eigenvalue weighted by Gasteiger charge is -2.12. The Hall–Kier alpha value is -1.39. The van der Waals surface area contributed by atoms with Gasteiger partial charge in [0.15, 0.2) is 0 Å². The van der Waals surface area contributed by atoms with E-state index in [0.29, 0.717) is 17.1 Å². The Kier molecular flexibility index (Phi) is 4.22. The molecule has 2 nitrogen and oxygen atoms in total. The molecule has 0 fully saturated rings. The largest absolute Gasteiger partial charge is 0.457 e. The summed E-state index contributed by atoms with van der Waals surface area (Å²) in [5.74, 6) is 0.740. The quantitative estimate of drug-likeness (QED) is 0.901. The smallest absolute Gasteiger partial charge is 0.133 e. The van der Waals surface area contributed by atoms with Gasteiger partial charge >= 0.3 is 0 Å². The van der Waals surface area contributed by atoms with Crippen molar-refractivity contribution in [1.82, 2.24) is 0 Å². The first-order valence-electron chi connectivity index (χ1n) is 5.85. The molecule has 19 heavy (non-hydrogen) atoms. The molecule has 0 saturated carbocycles. The van der Waals surface area contributed by atoms with Crippen molar-refractivity contribution < 1.29 is 14.2 Å². The Morgan fingerprint density at radius 2 is 1.79 bits per heavy atom. The maximum absolute atomic E-state index is 13.1. The van der Waals surface area contributed by atoms with Gasteiger partial charge in [0.05, 0.1) is 6.61 Å². The van der Waals surface area contributed by atoms with E-state index in [4.69, 9.17) is 4.74 Å². The van der Waals surface area contributed by atoms with Crippen LogP contribution in [-0.2, 0) is 6.61 Å². The molecule has 0 bridgehead atoms. The third-order valence-electron chi connectivity index (χ3n) is 2.83. The average molecular weight is 325 g/mol. The van der Waals surface area contributed by atoms with Gasteiger partial charge in [-0.1, -0.05) is 15.9 Å². The average Bonchev–Trinajstić information content (AvgIpc) is 2.38. The molecule has 0 aliphatic heterocycles. The lowest BCUT2D eigenvalue weighted by atomic mass is 10.1. The molecule has 0 aliphatic rings. The van der Waals surface area contributed by atoms with Crippen molar-refractivity contribution >= 4 is 15.9 Å². The molecule has 2 aromatic carbocycles. The molecule has 0 amide bonds. The number of hydrogen-bond donors (Lipinski definition) is 1. The second-order valence-electron chi connectivity index (χ2n) is 4.38. The SMILES string of the molecule is Cc1cc(Oc2ccc(F)cc2CO)cc(C)c1Br. The van der Waals surface area contributed by atoms with Gasteiger partial charge in [-0.25, -0.2) is 4.39 Å². The van der Waals surface area contributed by atoms with Crippen molar-refractivity contribution in [3.63, 3.8) is 0 Å². The molecule has 1 N–H and O–H groups in total. The summed E-state index contributed by atoms with van der Waals surface area (Å²) in [5, 5.41) is 9.22. The number of aliphatic hydroxyl groups is 1. The van der Waals surface area contributed by atoms with E-state index in [1.165, 1.54) is 18.2 Å². The highest BCUT2D eigenvalue weighted by atomic mass is 79.9. The second-order valence-corrected chi connectivity index (χ2v) is 5.18. The first-order chi connectivity index (χ1) is 9.01. The molecule has 100 valence electrons. The Bertz CT molecular complexity index is 588. The molecule has 4 heteroatoms. The van der Waals surface area contributed by atoms with Crippen LogP contribution in [-0.4, -0.2) is 5.11 Å². The number of hydrogen-bond acceptors (Lipinski definition) is 2. The summed E-state index contributed by atoms with van der Waals surface area (Å²) in [6, 6.07) is 7.89. The van der Waals surface area contributed by atoms with E-state index in [1.54, 1.807) is 0 Å². The van der Waals surface area contributed by atoms with E-state index in [0.717, 1.165) is 15.6 Å². The molecular formula is C15H14BrFO2. The summed E-state index contributed by atoms with van der Waals surface area (Å²) >= 11 is 3.49. The van der Waals surface area contributed by atoms with E-state index in [2.05, 4.69) is 15.9 Å². The van der Waals surface area contributed by atoms with Crippen molar-refractivity contribution in [2.45, 2.75) is 20.5 Å². The standard InChI is InChI=1S/C15H14BrFO2/c1-9-5-13(6-10(2)15(9)16)19-14-4-3-12(17)7-11(14)8-18/h3-7,18H,8H2,1-2H3. The summed E-state index contributed by atoms with van der Waals surface area (Å²) < 4.78 is 19.8. The zero-order valence-electron chi connectivity index (χ0n) is 10.7. The topological polar surface area (TPSA) is 29.5 Å². The van der Waals surface area contributed by atoms with E-state index < -0.39 is 0 Å². The van der Waals surface area contributed by atoms with Crippen molar-refractivity contribution in [3.8, 4) is 11.5 Å². The Morgan fingerprint density at radius 3 is 2.37 bits per heavy atom. The molecule has 0 heterocycles. The fraction of sp³-hybridized carbons (Fsp3) is 0.200. The first-order valence-corrected chi connectivity index (χ1v) is 6.64. The van der Waals surface area contributed by atoms with Crippen molar-refractivity contribution in [1.29, 1.82) is 0 Å². The maximum Gasteiger partial charge on any atom is 0.133 e. The molecule has 0 spiro atoms. The fourth-order valence-electron chi connectivity index (χ4n) is 1.86. The van der Waals surface area contributed by atoms with Gasteiger partial charge in [0.1, 0.15) is 17.3 Å². The number of ether oxygens (including phenoxy) is 1. The zero-order chi connectivity index (χ0) is 14.0. The number of benzene rings is 2. The summed E-state index contributed by atoms with van der Waals surface area (Å²) in [6.07, 6.45) is 0.